The van der Waals surface area contributed by atoms with Gasteiger partial charge in [0.1, 0.15) is 0 Å². The zero-order valence-corrected chi connectivity index (χ0v) is 12.8. The summed E-state index contributed by atoms with van der Waals surface area (Å²) in [5.41, 5.74) is 1.79. The van der Waals surface area contributed by atoms with Crippen molar-refractivity contribution < 1.29 is 13.2 Å². The van der Waals surface area contributed by atoms with Gasteiger partial charge in [0.05, 0.1) is 0 Å². The van der Waals surface area contributed by atoms with Crippen LogP contribution in [0.25, 0.3) is 0 Å². The highest BCUT2D eigenvalue weighted by atomic mass is 35.5. The number of nitrogens with zero attached hydrogens (tertiary/aromatic N) is 1. The van der Waals surface area contributed by atoms with Gasteiger partial charge in [-0.15, -0.1) is 0 Å². The quantitative estimate of drug-likeness (QED) is 0.904. The molecule has 1 aliphatic heterocycles. The van der Waals surface area contributed by atoms with E-state index >= 15 is 0 Å². The van der Waals surface area contributed by atoms with Crippen LogP contribution in [0, 0.1) is 6.92 Å². The molecule has 1 saturated heterocycles. The van der Waals surface area contributed by atoms with E-state index in [1.165, 1.54) is 0 Å². The van der Waals surface area contributed by atoms with E-state index in [1.54, 1.807) is 6.07 Å². The number of benzene rings is 1. The minimum atomic E-state index is -4.14. The number of alkyl halides is 3. The zero-order chi connectivity index (χ0) is 15.5. The highest BCUT2D eigenvalue weighted by molar-refractivity contribution is 6.31. The molecule has 21 heavy (non-hydrogen) atoms. The van der Waals surface area contributed by atoms with Crippen molar-refractivity contribution in [3.63, 3.8) is 0 Å². The van der Waals surface area contributed by atoms with Crippen LogP contribution >= 0.6 is 11.6 Å². The van der Waals surface area contributed by atoms with Gasteiger partial charge in [0.25, 0.3) is 0 Å². The first kappa shape index (κ1) is 16.6. The van der Waals surface area contributed by atoms with Crippen LogP contribution in [0.3, 0.4) is 0 Å². The van der Waals surface area contributed by atoms with Crippen LogP contribution in [-0.4, -0.2) is 37.3 Å². The van der Waals surface area contributed by atoms with Gasteiger partial charge >= 0.3 is 6.18 Å². The Balaban J connectivity index is 2.26. The second-order valence-electron chi connectivity index (χ2n) is 5.43. The third kappa shape index (κ3) is 4.59. The summed E-state index contributed by atoms with van der Waals surface area (Å²) in [6.45, 7) is 4.99. The molecule has 1 aromatic carbocycles. The van der Waals surface area contributed by atoms with Gasteiger partial charge in [-0.3, -0.25) is 4.90 Å². The van der Waals surface area contributed by atoms with Crippen molar-refractivity contribution in [2.75, 3.05) is 26.2 Å². The summed E-state index contributed by atoms with van der Waals surface area (Å²) < 4.78 is 37.9. The minimum Gasteiger partial charge on any atom is -0.314 e. The molecule has 6 heteroatoms. The van der Waals surface area contributed by atoms with Gasteiger partial charge in [0.15, 0.2) is 0 Å². The lowest BCUT2D eigenvalue weighted by molar-refractivity contribution is -0.138. The first-order chi connectivity index (χ1) is 9.88. The van der Waals surface area contributed by atoms with Crippen molar-refractivity contribution in [1.82, 2.24) is 10.2 Å². The van der Waals surface area contributed by atoms with Crippen LogP contribution in [0.15, 0.2) is 18.2 Å². The molecule has 118 valence electrons. The van der Waals surface area contributed by atoms with Crippen molar-refractivity contribution in [2.24, 2.45) is 0 Å². The number of aryl methyl sites for hydroxylation is 1. The topological polar surface area (TPSA) is 15.3 Å². The molecule has 2 nitrogen and oxygen atoms in total. The van der Waals surface area contributed by atoms with E-state index in [0.29, 0.717) is 5.02 Å². The average molecular weight is 321 g/mol. The smallest absolute Gasteiger partial charge is 0.314 e. The van der Waals surface area contributed by atoms with Crippen molar-refractivity contribution in [2.45, 2.75) is 32.0 Å². The lowest BCUT2D eigenvalue weighted by atomic mass is 9.95. The maximum absolute atomic E-state index is 12.6. The second-order valence-corrected chi connectivity index (χ2v) is 5.83. The van der Waals surface area contributed by atoms with Crippen LogP contribution in [0.4, 0.5) is 13.2 Å². The van der Waals surface area contributed by atoms with Gasteiger partial charge in [-0.05, 0) is 30.5 Å². The van der Waals surface area contributed by atoms with Crippen molar-refractivity contribution in [3.8, 4) is 0 Å². The summed E-state index contributed by atoms with van der Waals surface area (Å²) in [7, 11) is 0. The van der Waals surface area contributed by atoms with Gasteiger partial charge in [-0.25, -0.2) is 0 Å². The Morgan fingerprint density at radius 3 is 2.52 bits per heavy atom. The Bertz CT molecular complexity index is 450. The monoisotopic (exact) mass is 320 g/mol. The van der Waals surface area contributed by atoms with E-state index < -0.39 is 12.6 Å². The summed E-state index contributed by atoms with van der Waals surface area (Å²) in [4.78, 5) is 2.11. The molecule has 0 saturated carbocycles. The third-order valence-corrected chi connectivity index (χ3v) is 4.23. The van der Waals surface area contributed by atoms with E-state index in [1.807, 2.05) is 19.1 Å². The Morgan fingerprint density at radius 1 is 1.29 bits per heavy atom. The normalized spacial score (nSPS) is 18.7. The molecular weight excluding hydrogens is 301 g/mol. The maximum atomic E-state index is 12.6. The van der Waals surface area contributed by atoms with Gasteiger partial charge in [-0.1, -0.05) is 23.7 Å². The molecule has 1 aliphatic rings. The van der Waals surface area contributed by atoms with Crippen molar-refractivity contribution in [1.29, 1.82) is 0 Å². The fourth-order valence-electron chi connectivity index (χ4n) is 2.87. The molecule has 1 N–H and O–H groups in total. The Labute approximate surface area is 128 Å². The number of halogens is 4. The molecule has 1 aromatic rings. The number of hydrogen-bond donors (Lipinski definition) is 1. The highest BCUT2D eigenvalue weighted by Crippen LogP contribution is 2.36. The number of piperazine rings is 1. The van der Waals surface area contributed by atoms with Crippen molar-refractivity contribution in [3.05, 3.63) is 34.3 Å². The molecule has 0 spiro atoms. The van der Waals surface area contributed by atoms with Gasteiger partial charge in [0.2, 0.25) is 0 Å². The lowest BCUT2D eigenvalue weighted by Gasteiger charge is -2.36. The van der Waals surface area contributed by atoms with E-state index in [4.69, 9.17) is 11.6 Å². The van der Waals surface area contributed by atoms with Gasteiger partial charge in [0, 0.05) is 43.7 Å². The third-order valence-electron chi connectivity index (χ3n) is 3.90. The van der Waals surface area contributed by atoms with E-state index in [0.717, 1.165) is 37.3 Å². The Hall–Kier alpha value is -0.780. The first-order valence-electron chi connectivity index (χ1n) is 7.15. The molecule has 0 radical (unpaired) electrons. The number of hydrogen-bond acceptors (Lipinski definition) is 2. The second kappa shape index (κ2) is 6.99. The standard InChI is InChI=1S/C15H20ClF3N2/c1-11-3-2-4-12(16)14(11)13(5-6-15(17,18)19)21-9-7-20-8-10-21/h2-4,13,20H,5-10H2,1H3/t13-/m0/s1. The molecule has 1 fully saturated rings. The Kier molecular flexibility index (Phi) is 5.52. The zero-order valence-electron chi connectivity index (χ0n) is 12.0. The summed E-state index contributed by atoms with van der Waals surface area (Å²) >= 11 is 6.27. The van der Waals surface area contributed by atoms with Crippen LogP contribution in [0.1, 0.15) is 30.0 Å². The van der Waals surface area contributed by atoms with Crippen LogP contribution < -0.4 is 5.32 Å². The van der Waals surface area contributed by atoms with E-state index in [9.17, 15) is 13.2 Å². The highest BCUT2D eigenvalue weighted by Gasteiger charge is 2.32. The van der Waals surface area contributed by atoms with Crippen molar-refractivity contribution >= 4 is 11.6 Å². The summed E-state index contributed by atoms with van der Waals surface area (Å²) in [6, 6.07) is 5.22. The molecule has 0 bridgehead atoms. The molecule has 1 heterocycles. The van der Waals surface area contributed by atoms with Gasteiger partial charge in [-0.2, -0.15) is 13.2 Å². The SMILES string of the molecule is Cc1cccc(Cl)c1[C@H](CCC(F)(F)F)N1CCNCC1. The first-order valence-corrected chi connectivity index (χ1v) is 7.53. The Morgan fingerprint density at radius 2 is 1.95 bits per heavy atom. The van der Waals surface area contributed by atoms with Crippen LogP contribution in [0.5, 0.6) is 0 Å². The molecular formula is C15H20ClF3N2. The summed E-state index contributed by atoms with van der Waals surface area (Å²) in [6.07, 6.45) is -4.87. The molecule has 2 rings (SSSR count). The number of nitrogens with one attached hydrogen (secondary N) is 1. The van der Waals surface area contributed by atoms with E-state index in [-0.39, 0.29) is 12.5 Å². The van der Waals surface area contributed by atoms with Gasteiger partial charge < -0.3 is 5.32 Å². The largest absolute Gasteiger partial charge is 0.389 e. The van der Waals surface area contributed by atoms with Crippen LogP contribution in [-0.2, 0) is 0 Å². The van der Waals surface area contributed by atoms with E-state index in [2.05, 4.69) is 10.2 Å². The molecule has 0 unspecified atom stereocenters. The van der Waals surface area contributed by atoms with Crippen LogP contribution in [0.2, 0.25) is 5.02 Å². The molecule has 0 aliphatic carbocycles. The summed E-state index contributed by atoms with van der Waals surface area (Å²) in [5.74, 6) is 0. The lowest BCUT2D eigenvalue weighted by Crippen LogP contribution is -2.45. The fraction of sp³-hybridized carbons (Fsp3) is 0.600. The molecule has 0 aromatic heterocycles. The predicted octanol–water partition coefficient (Wildman–Crippen LogP) is 3.94. The minimum absolute atomic E-state index is 0.0497. The number of rotatable bonds is 4. The molecule has 1 atom stereocenters. The molecule has 0 amide bonds. The summed E-state index contributed by atoms with van der Waals surface area (Å²) in [5, 5.41) is 3.78. The maximum Gasteiger partial charge on any atom is 0.389 e. The average Bonchev–Trinajstić information content (AvgIpc) is 2.42. The fourth-order valence-corrected chi connectivity index (χ4v) is 3.22. The predicted molar refractivity (Wildman–Crippen MR) is 78.7 cm³/mol.